The van der Waals surface area contributed by atoms with E-state index in [1.54, 1.807) is 11.3 Å². The molecule has 1 aromatic rings. The van der Waals surface area contributed by atoms with E-state index in [0.29, 0.717) is 6.42 Å². The predicted molar refractivity (Wildman–Crippen MR) is 69.6 cm³/mol. The summed E-state index contributed by atoms with van der Waals surface area (Å²) in [5.74, 6) is 0.233. The lowest BCUT2D eigenvalue weighted by atomic mass is 10.0. The van der Waals surface area contributed by atoms with Crippen molar-refractivity contribution in [2.75, 3.05) is 12.0 Å². The van der Waals surface area contributed by atoms with Crippen LogP contribution in [0.5, 0.6) is 0 Å². The van der Waals surface area contributed by atoms with E-state index < -0.39 is 9.84 Å². The maximum absolute atomic E-state index is 11.1. The topological polar surface area (TPSA) is 46.2 Å². The van der Waals surface area contributed by atoms with Gasteiger partial charge in [-0.3, -0.25) is 0 Å². The summed E-state index contributed by atoms with van der Waals surface area (Å²) in [5, 5.41) is 7.52. The molecule has 0 radical (unpaired) electrons. The summed E-state index contributed by atoms with van der Waals surface area (Å²) in [4.78, 5) is 0. The zero-order chi connectivity index (χ0) is 12.2. The van der Waals surface area contributed by atoms with Gasteiger partial charge in [-0.2, -0.15) is 11.3 Å². The van der Waals surface area contributed by atoms with Crippen molar-refractivity contribution in [2.45, 2.75) is 32.4 Å². The zero-order valence-electron chi connectivity index (χ0n) is 9.99. The Morgan fingerprint density at radius 1 is 1.44 bits per heavy atom. The molecule has 1 N–H and O–H groups in total. The Labute approximate surface area is 102 Å². The minimum Gasteiger partial charge on any atom is -0.308 e. The summed E-state index contributed by atoms with van der Waals surface area (Å²) in [5.41, 5.74) is 1.10. The first-order valence-electron chi connectivity index (χ1n) is 5.22. The van der Waals surface area contributed by atoms with Crippen LogP contribution in [0, 0.1) is 0 Å². The van der Waals surface area contributed by atoms with E-state index in [9.17, 15) is 8.42 Å². The highest BCUT2D eigenvalue weighted by molar-refractivity contribution is 7.90. The van der Waals surface area contributed by atoms with Gasteiger partial charge in [0.2, 0.25) is 0 Å². The normalized spacial score (nSPS) is 12.9. The highest BCUT2D eigenvalue weighted by Crippen LogP contribution is 2.12. The molecule has 0 aliphatic heterocycles. The fourth-order valence-corrected chi connectivity index (χ4v) is 2.81. The SMILES string of the molecule is CC(C)(CCS(C)(=O)=O)NCc1ccsc1. The van der Waals surface area contributed by atoms with Gasteiger partial charge < -0.3 is 5.32 Å². The lowest BCUT2D eigenvalue weighted by Gasteiger charge is -2.25. The summed E-state index contributed by atoms with van der Waals surface area (Å²) < 4.78 is 22.2. The average Bonchev–Trinajstić information content (AvgIpc) is 2.64. The molecule has 1 aromatic heterocycles. The average molecular weight is 261 g/mol. The molecule has 0 spiro atoms. The van der Waals surface area contributed by atoms with Gasteiger partial charge >= 0.3 is 0 Å². The zero-order valence-corrected chi connectivity index (χ0v) is 11.6. The summed E-state index contributed by atoms with van der Waals surface area (Å²) in [6.45, 7) is 4.86. The smallest absolute Gasteiger partial charge is 0.147 e. The van der Waals surface area contributed by atoms with Crippen molar-refractivity contribution in [3.05, 3.63) is 22.4 Å². The number of hydrogen-bond donors (Lipinski definition) is 1. The highest BCUT2D eigenvalue weighted by atomic mass is 32.2. The van der Waals surface area contributed by atoms with E-state index in [1.807, 2.05) is 19.2 Å². The lowest BCUT2D eigenvalue weighted by molar-refractivity contribution is 0.375. The van der Waals surface area contributed by atoms with Crippen LogP contribution < -0.4 is 5.32 Å². The molecule has 3 nitrogen and oxygen atoms in total. The molecule has 0 atom stereocenters. The van der Waals surface area contributed by atoms with Crippen molar-refractivity contribution in [2.24, 2.45) is 0 Å². The fourth-order valence-electron chi connectivity index (χ4n) is 1.26. The minimum atomic E-state index is -2.87. The Kier molecular flexibility index (Phi) is 4.52. The van der Waals surface area contributed by atoms with E-state index in [2.05, 4.69) is 16.8 Å². The van der Waals surface area contributed by atoms with Gasteiger partial charge in [-0.1, -0.05) is 0 Å². The van der Waals surface area contributed by atoms with Crippen LogP contribution in [0.3, 0.4) is 0 Å². The summed E-state index contributed by atoms with van der Waals surface area (Å²) in [6, 6.07) is 2.07. The standard InChI is InChI=1S/C11H19NO2S2/c1-11(2,5-7-16(3,13)14)12-8-10-4-6-15-9-10/h4,6,9,12H,5,7-8H2,1-3H3. The molecule has 92 valence electrons. The van der Waals surface area contributed by atoms with E-state index in [-0.39, 0.29) is 11.3 Å². The molecule has 0 aliphatic rings. The molecule has 0 bridgehead atoms. The van der Waals surface area contributed by atoms with Crippen LogP contribution in [0.15, 0.2) is 16.8 Å². The molecule has 1 rings (SSSR count). The summed E-state index contributed by atoms with van der Waals surface area (Å²) in [6.07, 6.45) is 1.91. The van der Waals surface area contributed by atoms with Gasteiger partial charge in [0.25, 0.3) is 0 Å². The van der Waals surface area contributed by atoms with Gasteiger partial charge in [0.05, 0.1) is 5.75 Å². The number of thiophene rings is 1. The van der Waals surface area contributed by atoms with Crippen LogP contribution in [0.4, 0.5) is 0 Å². The largest absolute Gasteiger partial charge is 0.308 e. The number of hydrogen-bond acceptors (Lipinski definition) is 4. The van der Waals surface area contributed by atoms with Crippen molar-refractivity contribution < 1.29 is 8.42 Å². The number of rotatable bonds is 6. The van der Waals surface area contributed by atoms with Crippen LogP contribution in [-0.4, -0.2) is 26.0 Å². The quantitative estimate of drug-likeness (QED) is 0.852. The van der Waals surface area contributed by atoms with Crippen molar-refractivity contribution in [3.63, 3.8) is 0 Å². The molecule has 0 fully saturated rings. The maximum Gasteiger partial charge on any atom is 0.147 e. The van der Waals surface area contributed by atoms with E-state index in [0.717, 1.165) is 6.54 Å². The van der Waals surface area contributed by atoms with Crippen LogP contribution in [0.1, 0.15) is 25.8 Å². The van der Waals surface area contributed by atoms with Crippen molar-refractivity contribution in [3.8, 4) is 0 Å². The third-order valence-corrected chi connectivity index (χ3v) is 4.13. The second-order valence-corrected chi connectivity index (χ2v) is 7.79. The van der Waals surface area contributed by atoms with Gasteiger partial charge in [0.15, 0.2) is 0 Å². The Balaban J connectivity index is 2.39. The van der Waals surface area contributed by atoms with Crippen LogP contribution >= 0.6 is 11.3 Å². The molecule has 0 aliphatic carbocycles. The highest BCUT2D eigenvalue weighted by Gasteiger charge is 2.19. The second-order valence-electron chi connectivity index (χ2n) is 4.75. The molecule has 0 saturated carbocycles. The van der Waals surface area contributed by atoms with Crippen LogP contribution in [-0.2, 0) is 16.4 Å². The van der Waals surface area contributed by atoms with Gasteiger partial charge in [-0.15, -0.1) is 0 Å². The molecule has 0 aromatic carbocycles. The first-order chi connectivity index (χ1) is 7.29. The van der Waals surface area contributed by atoms with Crippen molar-refractivity contribution in [1.29, 1.82) is 0 Å². The molecule has 0 saturated heterocycles. The lowest BCUT2D eigenvalue weighted by Crippen LogP contribution is -2.40. The third kappa shape index (κ3) is 5.63. The molecule has 5 heteroatoms. The molecular weight excluding hydrogens is 242 g/mol. The number of nitrogens with one attached hydrogen (secondary N) is 1. The first kappa shape index (κ1) is 13.7. The summed E-state index contributed by atoms with van der Waals surface area (Å²) >= 11 is 1.67. The monoisotopic (exact) mass is 261 g/mol. The van der Waals surface area contributed by atoms with Gasteiger partial charge in [0, 0.05) is 18.3 Å². The minimum absolute atomic E-state index is 0.148. The van der Waals surface area contributed by atoms with E-state index >= 15 is 0 Å². The molecule has 1 heterocycles. The molecular formula is C11H19NO2S2. The molecule has 0 unspecified atom stereocenters. The van der Waals surface area contributed by atoms with Gasteiger partial charge in [-0.25, -0.2) is 8.42 Å². The Hall–Kier alpha value is -0.390. The Bertz CT molecular complexity index is 407. The number of sulfone groups is 1. The predicted octanol–water partition coefficient (Wildman–Crippen LogP) is 2.05. The fraction of sp³-hybridized carbons (Fsp3) is 0.636. The third-order valence-electron chi connectivity index (χ3n) is 2.45. The van der Waals surface area contributed by atoms with Crippen molar-refractivity contribution in [1.82, 2.24) is 5.32 Å². The van der Waals surface area contributed by atoms with Crippen LogP contribution in [0.2, 0.25) is 0 Å². The summed E-state index contributed by atoms with van der Waals surface area (Å²) in [7, 11) is -2.87. The Morgan fingerprint density at radius 2 is 2.12 bits per heavy atom. The Morgan fingerprint density at radius 3 is 2.62 bits per heavy atom. The van der Waals surface area contributed by atoms with E-state index in [1.165, 1.54) is 11.8 Å². The second kappa shape index (κ2) is 5.29. The first-order valence-corrected chi connectivity index (χ1v) is 8.23. The molecule has 0 amide bonds. The maximum atomic E-state index is 11.1. The van der Waals surface area contributed by atoms with Gasteiger partial charge in [-0.05, 0) is 42.7 Å². The van der Waals surface area contributed by atoms with Gasteiger partial charge in [0.1, 0.15) is 9.84 Å². The van der Waals surface area contributed by atoms with Crippen LogP contribution in [0.25, 0.3) is 0 Å². The van der Waals surface area contributed by atoms with E-state index in [4.69, 9.17) is 0 Å². The van der Waals surface area contributed by atoms with Crippen molar-refractivity contribution >= 4 is 21.2 Å². The molecule has 16 heavy (non-hydrogen) atoms.